The minimum Gasteiger partial charge on any atom is -0.481 e. The second-order valence-electron chi connectivity index (χ2n) is 4.99. The lowest BCUT2D eigenvalue weighted by Gasteiger charge is -2.23. The second-order valence-corrected chi connectivity index (χ2v) is 4.99. The Morgan fingerprint density at radius 2 is 2.00 bits per heavy atom. The number of nitrogens with one attached hydrogen (secondary N) is 1. The van der Waals surface area contributed by atoms with Crippen molar-refractivity contribution in [2.24, 2.45) is 5.41 Å². The summed E-state index contributed by atoms with van der Waals surface area (Å²) < 4.78 is 0. The van der Waals surface area contributed by atoms with Crippen molar-refractivity contribution in [3.05, 3.63) is 0 Å². The van der Waals surface area contributed by atoms with Gasteiger partial charge in [0, 0.05) is 18.9 Å². The molecule has 4 heteroatoms. The van der Waals surface area contributed by atoms with E-state index in [0.29, 0.717) is 6.42 Å². The molecule has 17 heavy (non-hydrogen) atoms. The molecule has 0 fully saturated rings. The van der Waals surface area contributed by atoms with Gasteiger partial charge in [0.05, 0.1) is 6.42 Å². The van der Waals surface area contributed by atoms with Crippen LogP contribution in [-0.2, 0) is 9.59 Å². The van der Waals surface area contributed by atoms with E-state index >= 15 is 0 Å². The van der Waals surface area contributed by atoms with Crippen LogP contribution in [-0.4, -0.2) is 23.0 Å². The predicted molar refractivity (Wildman–Crippen MR) is 66.3 cm³/mol. The summed E-state index contributed by atoms with van der Waals surface area (Å²) in [5, 5.41) is 11.5. The molecule has 0 aromatic carbocycles. The van der Waals surface area contributed by atoms with Gasteiger partial charge in [-0.1, -0.05) is 20.8 Å². The van der Waals surface area contributed by atoms with Crippen LogP contribution < -0.4 is 5.32 Å². The van der Waals surface area contributed by atoms with Crippen molar-refractivity contribution in [2.75, 3.05) is 0 Å². The lowest BCUT2D eigenvalue weighted by Crippen LogP contribution is -2.37. The lowest BCUT2D eigenvalue weighted by molar-refractivity contribution is -0.139. The summed E-state index contributed by atoms with van der Waals surface area (Å²) in [6.45, 7) is 5.48. The van der Waals surface area contributed by atoms with E-state index in [1.165, 1.54) is 0 Å². The highest BCUT2D eigenvalue weighted by Crippen LogP contribution is 2.24. The predicted octanol–water partition coefficient (Wildman–Crippen LogP) is 1.80. The normalized spacial score (nSPS) is 12.6. The van der Waals surface area contributed by atoms with Crippen LogP contribution in [0.15, 0.2) is 0 Å². The molecule has 1 amide bonds. The zero-order chi connectivity index (χ0) is 13.5. The number of hydrogen-bond donors (Lipinski definition) is 2. The number of hydrogen-bond acceptors (Lipinski definition) is 2. The summed E-state index contributed by atoms with van der Waals surface area (Å²) in [5.74, 6) is 1.48. The summed E-state index contributed by atoms with van der Waals surface area (Å²) in [4.78, 5) is 22.3. The van der Waals surface area contributed by atoms with Gasteiger partial charge < -0.3 is 10.4 Å². The standard InChI is InChI=1S/C13H21NO3/c1-5-7-10(6-2)14-11(15)8-13(3,4)9-12(16)17/h1,10H,6-9H2,2-4H3,(H,14,15)(H,16,17). The van der Waals surface area contributed by atoms with Gasteiger partial charge in [0.1, 0.15) is 0 Å². The Labute approximate surface area is 103 Å². The Bertz CT molecular complexity index is 315. The van der Waals surface area contributed by atoms with E-state index in [-0.39, 0.29) is 24.8 Å². The smallest absolute Gasteiger partial charge is 0.303 e. The van der Waals surface area contributed by atoms with E-state index in [1.807, 2.05) is 6.92 Å². The third-order valence-corrected chi connectivity index (χ3v) is 2.49. The van der Waals surface area contributed by atoms with Gasteiger partial charge in [-0.15, -0.1) is 12.3 Å². The average molecular weight is 239 g/mol. The number of terminal acetylenes is 1. The summed E-state index contributed by atoms with van der Waals surface area (Å²) in [5.41, 5.74) is -0.537. The molecule has 4 nitrogen and oxygen atoms in total. The number of carbonyl (C=O) groups excluding carboxylic acids is 1. The van der Waals surface area contributed by atoms with Gasteiger partial charge in [0.15, 0.2) is 0 Å². The lowest BCUT2D eigenvalue weighted by atomic mass is 9.85. The van der Waals surface area contributed by atoms with Gasteiger partial charge in [0.2, 0.25) is 5.91 Å². The van der Waals surface area contributed by atoms with Crippen molar-refractivity contribution < 1.29 is 14.7 Å². The first-order valence-corrected chi connectivity index (χ1v) is 5.75. The third kappa shape index (κ3) is 7.40. The Morgan fingerprint density at radius 3 is 2.41 bits per heavy atom. The summed E-state index contributed by atoms with van der Waals surface area (Å²) >= 11 is 0. The minimum atomic E-state index is -0.890. The second kappa shape index (κ2) is 6.95. The molecule has 0 aliphatic rings. The van der Waals surface area contributed by atoms with Gasteiger partial charge in [-0.3, -0.25) is 9.59 Å². The molecule has 0 bridgehead atoms. The highest BCUT2D eigenvalue weighted by atomic mass is 16.4. The molecule has 0 radical (unpaired) electrons. The first kappa shape index (κ1) is 15.5. The molecular formula is C13H21NO3. The summed E-state index contributed by atoms with van der Waals surface area (Å²) in [7, 11) is 0. The molecule has 0 spiro atoms. The monoisotopic (exact) mass is 239 g/mol. The zero-order valence-electron chi connectivity index (χ0n) is 10.7. The van der Waals surface area contributed by atoms with Gasteiger partial charge in [-0.25, -0.2) is 0 Å². The van der Waals surface area contributed by atoms with Crippen molar-refractivity contribution in [3.8, 4) is 12.3 Å². The first-order chi connectivity index (χ1) is 7.80. The van der Waals surface area contributed by atoms with Crippen LogP contribution in [0.3, 0.4) is 0 Å². The van der Waals surface area contributed by atoms with Gasteiger partial charge in [0.25, 0.3) is 0 Å². The van der Waals surface area contributed by atoms with Crippen LogP contribution in [0.25, 0.3) is 0 Å². The number of rotatable bonds is 7. The number of carbonyl (C=O) groups is 2. The third-order valence-electron chi connectivity index (χ3n) is 2.49. The highest BCUT2D eigenvalue weighted by Gasteiger charge is 2.25. The summed E-state index contributed by atoms with van der Waals surface area (Å²) in [6, 6.07) is -0.0203. The van der Waals surface area contributed by atoms with Crippen LogP contribution in [0.1, 0.15) is 46.5 Å². The quantitative estimate of drug-likeness (QED) is 0.666. The van der Waals surface area contributed by atoms with Gasteiger partial charge in [-0.05, 0) is 11.8 Å². The number of aliphatic carboxylic acids is 1. The van der Waals surface area contributed by atoms with E-state index < -0.39 is 11.4 Å². The van der Waals surface area contributed by atoms with Crippen molar-refractivity contribution in [2.45, 2.75) is 52.5 Å². The molecule has 2 N–H and O–H groups in total. The summed E-state index contributed by atoms with van der Waals surface area (Å²) in [6.07, 6.45) is 6.64. The molecule has 0 aliphatic carbocycles. The van der Waals surface area contributed by atoms with Gasteiger partial charge >= 0.3 is 5.97 Å². The van der Waals surface area contributed by atoms with E-state index in [2.05, 4.69) is 11.2 Å². The molecule has 96 valence electrons. The molecule has 1 atom stereocenters. The maximum Gasteiger partial charge on any atom is 0.303 e. The molecule has 0 rings (SSSR count). The van der Waals surface area contributed by atoms with Crippen molar-refractivity contribution in [1.82, 2.24) is 5.32 Å². The number of carboxylic acid groups (broad SMARTS) is 1. The van der Waals surface area contributed by atoms with Crippen LogP contribution in [0.5, 0.6) is 0 Å². The molecule has 0 aromatic rings. The Morgan fingerprint density at radius 1 is 1.41 bits per heavy atom. The Kier molecular flexibility index (Phi) is 6.34. The molecule has 0 saturated heterocycles. The van der Waals surface area contributed by atoms with Crippen molar-refractivity contribution in [3.63, 3.8) is 0 Å². The fraction of sp³-hybridized carbons (Fsp3) is 0.692. The molecule has 1 unspecified atom stereocenters. The average Bonchev–Trinajstić information content (AvgIpc) is 2.13. The Hall–Kier alpha value is -1.50. The van der Waals surface area contributed by atoms with Crippen LogP contribution in [0, 0.1) is 17.8 Å². The van der Waals surface area contributed by atoms with Crippen LogP contribution >= 0.6 is 0 Å². The first-order valence-electron chi connectivity index (χ1n) is 5.75. The van der Waals surface area contributed by atoms with Crippen molar-refractivity contribution in [1.29, 1.82) is 0 Å². The van der Waals surface area contributed by atoms with E-state index in [1.54, 1.807) is 13.8 Å². The zero-order valence-corrected chi connectivity index (χ0v) is 10.7. The van der Waals surface area contributed by atoms with Crippen LogP contribution in [0.4, 0.5) is 0 Å². The van der Waals surface area contributed by atoms with E-state index in [0.717, 1.165) is 6.42 Å². The highest BCUT2D eigenvalue weighted by molar-refractivity contribution is 5.78. The topological polar surface area (TPSA) is 66.4 Å². The maximum absolute atomic E-state index is 11.7. The molecular weight excluding hydrogens is 218 g/mol. The maximum atomic E-state index is 11.7. The van der Waals surface area contributed by atoms with Gasteiger partial charge in [-0.2, -0.15) is 0 Å². The van der Waals surface area contributed by atoms with E-state index in [4.69, 9.17) is 11.5 Å². The van der Waals surface area contributed by atoms with E-state index in [9.17, 15) is 9.59 Å². The molecule has 0 aliphatic heterocycles. The molecule has 0 aromatic heterocycles. The SMILES string of the molecule is C#CCC(CC)NC(=O)CC(C)(C)CC(=O)O. The molecule has 0 heterocycles. The number of carboxylic acids is 1. The minimum absolute atomic E-state index is 0.0203. The fourth-order valence-corrected chi connectivity index (χ4v) is 1.62. The fourth-order valence-electron chi connectivity index (χ4n) is 1.62. The molecule has 0 saturated carbocycles. The largest absolute Gasteiger partial charge is 0.481 e. The van der Waals surface area contributed by atoms with Crippen molar-refractivity contribution >= 4 is 11.9 Å². The number of amides is 1. The van der Waals surface area contributed by atoms with Crippen LogP contribution in [0.2, 0.25) is 0 Å². The Balaban J connectivity index is 4.25.